The van der Waals surface area contributed by atoms with E-state index in [0.717, 1.165) is 17.9 Å². The van der Waals surface area contributed by atoms with Gasteiger partial charge in [0.2, 0.25) is 0 Å². The van der Waals surface area contributed by atoms with Crippen molar-refractivity contribution < 1.29 is 14.3 Å². The third kappa shape index (κ3) is 2.46. The maximum absolute atomic E-state index is 11.6. The van der Waals surface area contributed by atoms with Gasteiger partial charge in [-0.25, -0.2) is 0 Å². The standard InChI is InChI=1S/C9H14O3S/c1-6(9(11)12-2)8(10)7-3-4-13-5-7/h6-7H,3-5H2,1-2H3. The number of Topliss-reactive ketones (excluding diaryl/α,β-unsaturated/α-hetero) is 1. The second kappa shape index (κ2) is 4.65. The van der Waals surface area contributed by atoms with Crippen LogP contribution in [-0.4, -0.2) is 30.4 Å². The zero-order chi connectivity index (χ0) is 9.84. The second-order valence-electron chi connectivity index (χ2n) is 3.21. The van der Waals surface area contributed by atoms with E-state index in [-0.39, 0.29) is 11.7 Å². The summed E-state index contributed by atoms with van der Waals surface area (Å²) in [5, 5.41) is 0. The lowest BCUT2D eigenvalue weighted by atomic mass is 9.94. The van der Waals surface area contributed by atoms with Gasteiger partial charge in [0, 0.05) is 11.7 Å². The average Bonchev–Trinajstić information content (AvgIpc) is 2.67. The average molecular weight is 202 g/mol. The number of methoxy groups -OCH3 is 1. The smallest absolute Gasteiger partial charge is 0.315 e. The van der Waals surface area contributed by atoms with Crippen LogP contribution >= 0.6 is 11.8 Å². The molecule has 3 nitrogen and oxygen atoms in total. The van der Waals surface area contributed by atoms with Gasteiger partial charge in [-0.15, -0.1) is 0 Å². The van der Waals surface area contributed by atoms with E-state index < -0.39 is 11.9 Å². The fourth-order valence-electron chi connectivity index (χ4n) is 1.41. The lowest BCUT2D eigenvalue weighted by molar-refractivity contribution is -0.149. The highest BCUT2D eigenvalue weighted by atomic mass is 32.2. The van der Waals surface area contributed by atoms with Crippen molar-refractivity contribution in [3.63, 3.8) is 0 Å². The maximum atomic E-state index is 11.6. The van der Waals surface area contributed by atoms with Crippen molar-refractivity contribution in [2.45, 2.75) is 13.3 Å². The first-order valence-corrected chi connectivity index (χ1v) is 5.51. The van der Waals surface area contributed by atoms with Gasteiger partial charge in [-0.3, -0.25) is 9.59 Å². The fourth-order valence-corrected chi connectivity index (χ4v) is 2.64. The molecular weight excluding hydrogens is 188 g/mol. The minimum Gasteiger partial charge on any atom is -0.468 e. The number of esters is 1. The van der Waals surface area contributed by atoms with Crippen molar-refractivity contribution in [1.82, 2.24) is 0 Å². The van der Waals surface area contributed by atoms with Crippen LogP contribution in [0, 0.1) is 11.8 Å². The minimum atomic E-state index is -0.589. The van der Waals surface area contributed by atoms with Crippen LogP contribution in [-0.2, 0) is 14.3 Å². The first-order valence-electron chi connectivity index (χ1n) is 4.36. The largest absolute Gasteiger partial charge is 0.468 e. The molecule has 13 heavy (non-hydrogen) atoms. The molecule has 0 aliphatic carbocycles. The Balaban J connectivity index is 2.50. The van der Waals surface area contributed by atoms with Crippen LogP contribution in [0.5, 0.6) is 0 Å². The van der Waals surface area contributed by atoms with Crippen LogP contribution in [0.15, 0.2) is 0 Å². The molecule has 2 unspecified atom stereocenters. The molecule has 1 rings (SSSR count). The van der Waals surface area contributed by atoms with Gasteiger partial charge in [0.05, 0.1) is 7.11 Å². The predicted molar refractivity (Wildman–Crippen MR) is 51.6 cm³/mol. The molecule has 1 fully saturated rings. The summed E-state index contributed by atoms with van der Waals surface area (Å²) in [4.78, 5) is 22.7. The van der Waals surface area contributed by atoms with Crippen LogP contribution in [0.4, 0.5) is 0 Å². The molecule has 0 saturated carbocycles. The lowest BCUT2D eigenvalue weighted by Crippen LogP contribution is -2.28. The Morgan fingerprint density at radius 3 is 2.69 bits per heavy atom. The summed E-state index contributed by atoms with van der Waals surface area (Å²) in [6, 6.07) is 0. The first kappa shape index (κ1) is 10.6. The molecule has 2 atom stereocenters. The molecule has 0 aromatic rings. The zero-order valence-corrected chi connectivity index (χ0v) is 8.73. The molecule has 0 amide bonds. The van der Waals surface area contributed by atoms with Crippen molar-refractivity contribution in [2.75, 3.05) is 18.6 Å². The number of thioether (sulfide) groups is 1. The van der Waals surface area contributed by atoms with Crippen LogP contribution in [0.1, 0.15) is 13.3 Å². The number of carbonyl (C=O) groups excluding carboxylic acids is 2. The SMILES string of the molecule is COC(=O)C(C)C(=O)C1CCSC1. The summed E-state index contributed by atoms with van der Waals surface area (Å²) in [5.74, 6) is 0.997. The molecule has 0 N–H and O–H groups in total. The maximum Gasteiger partial charge on any atom is 0.315 e. The highest BCUT2D eigenvalue weighted by molar-refractivity contribution is 7.99. The summed E-state index contributed by atoms with van der Waals surface area (Å²) in [7, 11) is 1.31. The number of ketones is 1. The number of hydrogen-bond acceptors (Lipinski definition) is 4. The molecule has 0 radical (unpaired) electrons. The minimum absolute atomic E-state index is 0.0388. The van der Waals surface area contributed by atoms with Crippen LogP contribution in [0.25, 0.3) is 0 Å². The molecule has 4 heteroatoms. The monoisotopic (exact) mass is 202 g/mol. The number of rotatable bonds is 3. The van der Waals surface area contributed by atoms with Crippen molar-refractivity contribution >= 4 is 23.5 Å². The van der Waals surface area contributed by atoms with Gasteiger partial charge in [-0.2, -0.15) is 11.8 Å². The van der Waals surface area contributed by atoms with Gasteiger partial charge in [-0.05, 0) is 19.1 Å². The number of ether oxygens (including phenoxy) is 1. The Bertz CT molecular complexity index is 209. The van der Waals surface area contributed by atoms with Crippen LogP contribution in [0.2, 0.25) is 0 Å². The molecular formula is C9H14O3S. The molecule has 0 spiro atoms. The Morgan fingerprint density at radius 2 is 2.23 bits per heavy atom. The summed E-state index contributed by atoms with van der Waals surface area (Å²) < 4.78 is 4.53. The molecule has 1 aliphatic rings. The van der Waals surface area contributed by atoms with Gasteiger partial charge in [0.1, 0.15) is 5.92 Å². The van der Waals surface area contributed by atoms with E-state index >= 15 is 0 Å². The molecule has 1 aliphatic heterocycles. The first-order chi connectivity index (χ1) is 6.16. The van der Waals surface area contributed by atoms with Gasteiger partial charge < -0.3 is 4.74 Å². The molecule has 74 valence electrons. The Kier molecular flexibility index (Phi) is 3.78. The summed E-state index contributed by atoms with van der Waals surface area (Å²) in [6.45, 7) is 1.62. The quantitative estimate of drug-likeness (QED) is 0.508. The topological polar surface area (TPSA) is 43.4 Å². The van der Waals surface area contributed by atoms with Gasteiger partial charge in [0.25, 0.3) is 0 Å². The second-order valence-corrected chi connectivity index (χ2v) is 4.36. The summed E-state index contributed by atoms with van der Waals surface area (Å²) in [6.07, 6.45) is 0.908. The summed E-state index contributed by atoms with van der Waals surface area (Å²) >= 11 is 1.77. The third-order valence-corrected chi connectivity index (χ3v) is 3.48. The highest BCUT2D eigenvalue weighted by Crippen LogP contribution is 2.26. The lowest BCUT2D eigenvalue weighted by Gasteiger charge is -2.12. The van der Waals surface area contributed by atoms with Crippen molar-refractivity contribution in [1.29, 1.82) is 0 Å². The van der Waals surface area contributed by atoms with Crippen molar-refractivity contribution in [2.24, 2.45) is 11.8 Å². The zero-order valence-electron chi connectivity index (χ0n) is 7.91. The molecule has 0 bridgehead atoms. The van der Waals surface area contributed by atoms with Crippen LogP contribution in [0.3, 0.4) is 0 Å². The van der Waals surface area contributed by atoms with Crippen LogP contribution < -0.4 is 0 Å². The van der Waals surface area contributed by atoms with E-state index in [9.17, 15) is 9.59 Å². The van der Waals surface area contributed by atoms with E-state index in [2.05, 4.69) is 4.74 Å². The Labute approximate surface area is 82.2 Å². The van der Waals surface area contributed by atoms with Crippen molar-refractivity contribution in [3.8, 4) is 0 Å². The number of carbonyl (C=O) groups is 2. The van der Waals surface area contributed by atoms with Crippen molar-refractivity contribution in [3.05, 3.63) is 0 Å². The third-order valence-electron chi connectivity index (χ3n) is 2.31. The molecule has 0 aromatic heterocycles. The molecule has 1 heterocycles. The van der Waals surface area contributed by atoms with Gasteiger partial charge >= 0.3 is 5.97 Å². The molecule has 0 aromatic carbocycles. The number of hydrogen-bond donors (Lipinski definition) is 0. The highest BCUT2D eigenvalue weighted by Gasteiger charge is 2.31. The van der Waals surface area contributed by atoms with E-state index in [1.165, 1.54) is 7.11 Å². The van der Waals surface area contributed by atoms with E-state index in [4.69, 9.17) is 0 Å². The van der Waals surface area contributed by atoms with Gasteiger partial charge in [-0.1, -0.05) is 0 Å². The fraction of sp³-hybridized carbons (Fsp3) is 0.778. The van der Waals surface area contributed by atoms with E-state index in [1.807, 2.05) is 0 Å². The Hall–Kier alpha value is -0.510. The predicted octanol–water partition coefficient (Wildman–Crippen LogP) is 1.12. The van der Waals surface area contributed by atoms with E-state index in [0.29, 0.717) is 0 Å². The summed E-state index contributed by atoms with van der Waals surface area (Å²) in [5.41, 5.74) is 0. The molecule has 1 saturated heterocycles. The van der Waals surface area contributed by atoms with Gasteiger partial charge in [0.15, 0.2) is 5.78 Å². The van der Waals surface area contributed by atoms with E-state index in [1.54, 1.807) is 18.7 Å². The normalized spacial score (nSPS) is 24.0. The Morgan fingerprint density at radius 1 is 1.54 bits per heavy atom.